The second-order valence-corrected chi connectivity index (χ2v) is 4.37. The minimum Gasteiger partial charge on any atom is -0.391 e. The highest BCUT2D eigenvalue weighted by Crippen LogP contribution is 2.31. The number of amides is 1. The van der Waals surface area contributed by atoms with Crippen molar-refractivity contribution in [3.05, 3.63) is 17.5 Å². The number of alkyl halides is 3. The number of rotatable bonds is 6. The normalized spacial score (nSPS) is 13.3. The number of aryl methyl sites for hydroxylation is 1. The van der Waals surface area contributed by atoms with Gasteiger partial charge >= 0.3 is 6.18 Å². The number of hydrogen-bond acceptors (Lipinski definition) is 3. The number of carbonyl (C=O) groups is 1. The second kappa shape index (κ2) is 6.74. The van der Waals surface area contributed by atoms with Crippen LogP contribution in [0.4, 0.5) is 13.2 Å². The molecule has 1 heterocycles. The van der Waals surface area contributed by atoms with E-state index in [9.17, 15) is 23.1 Å². The summed E-state index contributed by atoms with van der Waals surface area (Å²) in [6.45, 7) is 3.30. The Balaban J connectivity index is 2.86. The van der Waals surface area contributed by atoms with E-state index in [0.717, 1.165) is 17.3 Å². The molecule has 20 heavy (non-hydrogen) atoms. The van der Waals surface area contributed by atoms with Gasteiger partial charge in [0.05, 0.1) is 17.9 Å². The van der Waals surface area contributed by atoms with Crippen LogP contribution in [0.5, 0.6) is 0 Å². The Labute approximate surface area is 114 Å². The molecule has 2 N–H and O–H groups in total. The summed E-state index contributed by atoms with van der Waals surface area (Å²) in [7, 11) is 0. The zero-order valence-electron chi connectivity index (χ0n) is 11.4. The van der Waals surface area contributed by atoms with Crippen molar-refractivity contribution in [3.63, 3.8) is 0 Å². The van der Waals surface area contributed by atoms with Crippen LogP contribution in [-0.2, 0) is 12.7 Å². The number of aliphatic hydroxyl groups excluding tert-OH is 1. The van der Waals surface area contributed by atoms with E-state index in [1.807, 2.05) is 6.92 Å². The van der Waals surface area contributed by atoms with Crippen molar-refractivity contribution < 1.29 is 23.1 Å². The molecule has 0 saturated carbocycles. The summed E-state index contributed by atoms with van der Waals surface area (Å²) in [5.74, 6) is -0.882. The minimum absolute atomic E-state index is 0.0145. The smallest absolute Gasteiger partial charge is 0.391 e. The molecule has 1 aromatic rings. The number of aliphatic hydroxyl groups is 1. The average Bonchev–Trinajstić information content (AvgIpc) is 2.80. The van der Waals surface area contributed by atoms with Crippen LogP contribution in [0.1, 0.15) is 42.7 Å². The molecule has 1 amide bonds. The summed E-state index contributed by atoms with van der Waals surface area (Å²) >= 11 is 0. The van der Waals surface area contributed by atoms with E-state index in [4.69, 9.17) is 0 Å². The Morgan fingerprint density at radius 3 is 2.65 bits per heavy atom. The number of aromatic nitrogens is 2. The highest BCUT2D eigenvalue weighted by atomic mass is 19.4. The topological polar surface area (TPSA) is 67.2 Å². The maximum absolute atomic E-state index is 12.9. The van der Waals surface area contributed by atoms with Crippen LogP contribution in [-0.4, -0.2) is 33.4 Å². The lowest BCUT2D eigenvalue weighted by Crippen LogP contribution is -2.33. The van der Waals surface area contributed by atoms with Crippen molar-refractivity contribution in [2.45, 2.75) is 45.5 Å². The summed E-state index contributed by atoms with van der Waals surface area (Å²) in [5, 5.41) is 15.3. The third-order valence-electron chi connectivity index (χ3n) is 2.77. The summed E-state index contributed by atoms with van der Waals surface area (Å²) in [6, 6.07) is 0. The van der Waals surface area contributed by atoms with Gasteiger partial charge in [-0.15, -0.1) is 0 Å². The minimum atomic E-state index is -4.65. The Morgan fingerprint density at radius 2 is 2.15 bits per heavy atom. The number of nitrogens with zero attached hydrogens (tertiary/aromatic N) is 2. The molecule has 1 rings (SSSR count). The fourth-order valence-corrected chi connectivity index (χ4v) is 1.83. The molecule has 1 aromatic heterocycles. The third-order valence-corrected chi connectivity index (χ3v) is 2.77. The Morgan fingerprint density at radius 1 is 1.50 bits per heavy atom. The van der Waals surface area contributed by atoms with Gasteiger partial charge in [0.1, 0.15) is 0 Å². The standard InChI is InChI=1S/C12H18F3N3O2/c1-3-5-8(19)6-16-11(20)9-7-17-18(4-2)10(9)12(13,14)15/h7-8,19H,3-6H2,1-2H3,(H,16,20). The molecule has 0 spiro atoms. The Hall–Kier alpha value is -1.57. The van der Waals surface area contributed by atoms with E-state index < -0.39 is 29.4 Å². The largest absolute Gasteiger partial charge is 0.433 e. The fourth-order valence-electron chi connectivity index (χ4n) is 1.83. The molecule has 0 fully saturated rings. The van der Waals surface area contributed by atoms with E-state index in [1.165, 1.54) is 6.92 Å². The number of halogens is 3. The van der Waals surface area contributed by atoms with Gasteiger partial charge in [0.15, 0.2) is 5.69 Å². The lowest BCUT2D eigenvalue weighted by molar-refractivity contribution is -0.144. The second-order valence-electron chi connectivity index (χ2n) is 4.37. The number of hydrogen-bond donors (Lipinski definition) is 2. The summed E-state index contributed by atoms with van der Waals surface area (Å²) < 4.78 is 39.5. The van der Waals surface area contributed by atoms with Crippen LogP contribution in [0.2, 0.25) is 0 Å². The first-order chi connectivity index (χ1) is 9.31. The molecular formula is C12H18F3N3O2. The monoisotopic (exact) mass is 293 g/mol. The van der Waals surface area contributed by atoms with E-state index in [-0.39, 0.29) is 13.1 Å². The van der Waals surface area contributed by atoms with Crippen molar-refractivity contribution in [2.24, 2.45) is 0 Å². The first-order valence-corrected chi connectivity index (χ1v) is 6.40. The molecule has 0 bridgehead atoms. The summed E-state index contributed by atoms with van der Waals surface area (Å²) in [4.78, 5) is 11.8. The van der Waals surface area contributed by atoms with Crippen molar-refractivity contribution >= 4 is 5.91 Å². The Kier molecular flexibility index (Phi) is 5.55. The van der Waals surface area contributed by atoms with Crippen LogP contribution >= 0.6 is 0 Å². The van der Waals surface area contributed by atoms with Crippen LogP contribution < -0.4 is 5.32 Å². The molecule has 1 atom stereocenters. The van der Waals surface area contributed by atoms with Gasteiger partial charge in [-0.05, 0) is 13.3 Å². The number of carbonyl (C=O) groups excluding carboxylic acids is 1. The summed E-state index contributed by atoms with van der Waals surface area (Å²) in [6.07, 6.45) is -3.33. The van der Waals surface area contributed by atoms with E-state index in [1.54, 1.807) is 0 Å². The van der Waals surface area contributed by atoms with Crippen molar-refractivity contribution in [1.29, 1.82) is 0 Å². The van der Waals surface area contributed by atoms with Crippen molar-refractivity contribution in [2.75, 3.05) is 6.54 Å². The first-order valence-electron chi connectivity index (χ1n) is 6.40. The maximum Gasteiger partial charge on any atom is 0.433 e. The molecule has 114 valence electrons. The quantitative estimate of drug-likeness (QED) is 0.840. The van der Waals surface area contributed by atoms with Gasteiger partial charge in [-0.2, -0.15) is 18.3 Å². The lowest BCUT2D eigenvalue weighted by atomic mass is 10.2. The number of nitrogens with one attached hydrogen (secondary N) is 1. The van der Waals surface area contributed by atoms with Gasteiger partial charge in [0, 0.05) is 13.1 Å². The molecule has 0 aliphatic heterocycles. The molecule has 0 aromatic carbocycles. The molecule has 5 nitrogen and oxygen atoms in total. The van der Waals surface area contributed by atoms with Crippen molar-refractivity contribution in [1.82, 2.24) is 15.1 Å². The van der Waals surface area contributed by atoms with Gasteiger partial charge in [-0.25, -0.2) is 0 Å². The zero-order chi connectivity index (χ0) is 15.3. The van der Waals surface area contributed by atoms with Crippen LogP contribution in [0.3, 0.4) is 0 Å². The maximum atomic E-state index is 12.9. The lowest BCUT2D eigenvalue weighted by Gasteiger charge is -2.13. The van der Waals surface area contributed by atoms with E-state index >= 15 is 0 Å². The van der Waals surface area contributed by atoms with Gasteiger partial charge < -0.3 is 10.4 Å². The van der Waals surface area contributed by atoms with Crippen LogP contribution in [0.25, 0.3) is 0 Å². The molecule has 0 saturated heterocycles. The highest BCUT2D eigenvalue weighted by Gasteiger charge is 2.39. The fraction of sp³-hybridized carbons (Fsp3) is 0.667. The zero-order valence-corrected chi connectivity index (χ0v) is 11.4. The van der Waals surface area contributed by atoms with Crippen molar-refractivity contribution in [3.8, 4) is 0 Å². The molecule has 0 aliphatic rings. The third kappa shape index (κ3) is 3.96. The molecular weight excluding hydrogens is 275 g/mol. The van der Waals surface area contributed by atoms with Gasteiger partial charge in [-0.1, -0.05) is 13.3 Å². The molecule has 0 radical (unpaired) electrons. The van der Waals surface area contributed by atoms with Gasteiger partial charge in [-0.3, -0.25) is 9.48 Å². The average molecular weight is 293 g/mol. The first kappa shape index (κ1) is 16.5. The summed E-state index contributed by atoms with van der Waals surface area (Å²) in [5.41, 5.74) is -1.59. The van der Waals surface area contributed by atoms with Crippen LogP contribution in [0.15, 0.2) is 6.20 Å². The van der Waals surface area contributed by atoms with E-state index in [2.05, 4.69) is 10.4 Å². The molecule has 0 aliphatic carbocycles. The SMILES string of the molecule is CCCC(O)CNC(=O)c1cnn(CC)c1C(F)(F)F. The van der Waals surface area contributed by atoms with E-state index in [0.29, 0.717) is 6.42 Å². The molecule has 8 heteroatoms. The predicted octanol–water partition coefficient (Wildman–Crippen LogP) is 1.81. The molecule has 1 unspecified atom stereocenters. The highest BCUT2D eigenvalue weighted by molar-refractivity contribution is 5.95. The van der Waals surface area contributed by atoms with Gasteiger partial charge in [0.25, 0.3) is 5.91 Å². The predicted molar refractivity (Wildman–Crippen MR) is 66.2 cm³/mol. The Bertz CT molecular complexity index is 457. The van der Waals surface area contributed by atoms with Crippen LogP contribution in [0, 0.1) is 0 Å². The van der Waals surface area contributed by atoms with Gasteiger partial charge in [0.2, 0.25) is 0 Å².